The van der Waals surface area contributed by atoms with E-state index in [-0.39, 0.29) is 0 Å². The molecule has 20 heavy (non-hydrogen) atoms. The molecule has 0 saturated carbocycles. The van der Waals surface area contributed by atoms with E-state index in [2.05, 4.69) is 42.4 Å². The molecule has 3 nitrogen and oxygen atoms in total. The Morgan fingerprint density at radius 3 is 2.85 bits per heavy atom. The minimum absolute atomic E-state index is 0.376. The van der Waals surface area contributed by atoms with E-state index in [1.54, 1.807) is 0 Å². The van der Waals surface area contributed by atoms with Crippen molar-refractivity contribution in [2.75, 3.05) is 26.7 Å². The number of likely N-dealkylation sites (N-methyl/N-ethyl adjacent to an activating group) is 1. The molecule has 1 aliphatic heterocycles. The summed E-state index contributed by atoms with van der Waals surface area (Å²) in [7, 11) is 2.21. The van der Waals surface area contributed by atoms with Crippen LogP contribution in [0.2, 0.25) is 0 Å². The largest absolute Gasteiger partial charge is 0.494 e. The minimum Gasteiger partial charge on any atom is -0.494 e. The van der Waals surface area contributed by atoms with Crippen molar-refractivity contribution in [1.29, 1.82) is 0 Å². The number of rotatable bonds is 6. The van der Waals surface area contributed by atoms with Gasteiger partial charge in [-0.1, -0.05) is 24.6 Å². The molecule has 1 aromatic carbocycles. The van der Waals surface area contributed by atoms with Gasteiger partial charge in [0.15, 0.2) is 0 Å². The van der Waals surface area contributed by atoms with Gasteiger partial charge in [0.05, 0.1) is 6.61 Å². The van der Waals surface area contributed by atoms with Crippen LogP contribution in [0, 0.1) is 0 Å². The summed E-state index contributed by atoms with van der Waals surface area (Å²) in [6, 6.07) is 9.41. The summed E-state index contributed by atoms with van der Waals surface area (Å²) < 4.78 is 5.76. The van der Waals surface area contributed by atoms with Gasteiger partial charge in [-0.05, 0) is 46.3 Å². The molecule has 0 aliphatic carbocycles. The Kier molecular flexibility index (Phi) is 5.86. The maximum Gasteiger partial charge on any atom is 0.124 e. The Hall–Kier alpha value is -1.06. The van der Waals surface area contributed by atoms with E-state index in [1.807, 2.05) is 13.0 Å². The van der Waals surface area contributed by atoms with Gasteiger partial charge >= 0.3 is 0 Å². The van der Waals surface area contributed by atoms with Crippen molar-refractivity contribution in [3.8, 4) is 5.75 Å². The van der Waals surface area contributed by atoms with Gasteiger partial charge in [0.1, 0.15) is 5.75 Å². The number of hydrogen-bond acceptors (Lipinski definition) is 3. The van der Waals surface area contributed by atoms with Gasteiger partial charge in [-0.3, -0.25) is 4.90 Å². The molecule has 1 N–H and O–H groups in total. The fourth-order valence-corrected chi connectivity index (χ4v) is 2.94. The zero-order valence-electron chi connectivity index (χ0n) is 13.1. The topological polar surface area (TPSA) is 24.5 Å². The van der Waals surface area contributed by atoms with Crippen molar-refractivity contribution < 1.29 is 4.74 Å². The van der Waals surface area contributed by atoms with Gasteiger partial charge in [-0.15, -0.1) is 0 Å². The lowest BCUT2D eigenvalue weighted by Gasteiger charge is -2.32. The van der Waals surface area contributed by atoms with Crippen molar-refractivity contribution in [3.05, 3.63) is 29.8 Å². The van der Waals surface area contributed by atoms with Gasteiger partial charge in [0.25, 0.3) is 0 Å². The van der Waals surface area contributed by atoms with Crippen molar-refractivity contribution in [1.82, 2.24) is 10.2 Å². The highest BCUT2D eigenvalue weighted by atomic mass is 16.5. The first kappa shape index (κ1) is 15.3. The van der Waals surface area contributed by atoms with E-state index in [4.69, 9.17) is 4.74 Å². The molecule has 1 saturated heterocycles. The molecule has 112 valence electrons. The number of piperidine rings is 1. The van der Waals surface area contributed by atoms with Crippen molar-refractivity contribution >= 4 is 0 Å². The third-order valence-corrected chi connectivity index (χ3v) is 4.25. The first-order valence-corrected chi connectivity index (χ1v) is 7.87. The Labute approximate surface area is 123 Å². The standard InChI is InChI=1S/C17H28N2O/c1-4-20-17-11-6-5-10-16(17)14(2)19(3)13-15-9-7-8-12-18-15/h5-6,10-11,14-15,18H,4,7-9,12-13H2,1-3H3. The van der Waals surface area contributed by atoms with Crippen LogP contribution in [-0.2, 0) is 0 Å². The van der Waals surface area contributed by atoms with E-state index in [0.29, 0.717) is 12.1 Å². The molecule has 2 unspecified atom stereocenters. The van der Waals surface area contributed by atoms with E-state index in [1.165, 1.54) is 31.4 Å². The highest BCUT2D eigenvalue weighted by molar-refractivity contribution is 5.35. The van der Waals surface area contributed by atoms with Crippen molar-refractivity contribution in [2.24, 2.45) is 0 Å². The van der Waals surface area contributed by atoms with Gasteiger partial charge < -0.3 is 10.1 Å². The van der Waals surface area contributed by atoms with Crippen LogP contribution in [-0.4, -0.2) is 37.7 Å². The second kappa shape index (κ2) is 7.65. The molecule has 1 fully saturated rings. The summed E-state index contributed by atoms with van der Waals surface area (Å²) in [5.74, 6) is 1.02. The van der Waals surface area contributed by atoms with Crippen LogP contribution in [0.15, 0.2) is 24.3 Å². The molecule has 0 radical (unpaired) electrons. The van der Waals surface area contributed by atoms with E-state index < -0.39 is 0 Å². The fraction of sp³-hybridized carbons (Fsp3) is 0.647. The molecule has 1 heterocycles. The average molecular weight is 276 g/mol. The first-order valence-electron chi connectivity index (χ1n) is 7.87. The molecule has 1 aromatic rings. The SMILES string of the molecule is CCOc1ccccc1C(C)N(C)CC1CCCCN1. The predicted molar refractivity (Wildman–Crippen MR) is 84.3 cm³/mol. The highest BCUT2D eigenvalue weighted by Crippen LogP contribution is 2.28. The molecule has 0 spiro atoms. The summed E-state index contributed by atoms with van der Waals surface area (Å²) in [6.07, 6.45) is 3.97. The van der Waals surface area contributed by atoms with E-state index in [0.717, 1.165) is 18.9 Å². The highest BCUT2D eigenvalue weighted by Gasteiger charge is 2.20. The minimum atomic E-state index is 0.376. The summed E-state index contributed by atoms with van der Waals surface area (Å²) in [6.45, 7) is 7.29. The number of benzene rings is 1. The van der Waals surface area contributed by atoms with Crippen LogP contribution in [0.5, 0.6) is 5.75 Å². The molecule has 3 heteroatoms. The quantitative estimate of drug-likeness (QED) is 0.863. The fourth-order valence-electron chi connectivity index (χ4n) is 2.94. The van der Waals surface area contributed by atoms with Crippen LogP contribution in [0.25, 0.3) is 0 Å². The maximum absolute atomic E-state index is 5.76. The predicted octanol–water partition coefficient (Wildman–Crippen LogP) is 3.22. The summed E-state index contributed by atoms with van der Waals surface area (Å²) >= 11 is 0. The molecule has 0 bridgehead atoms. The molecule has 0 amide bonds. The number of hydrogen-bond donors (Lipinski definition) is 1. The van der Waals surface area contributed by atoms with Crippen LogP contribution in [0.3, 0.4) is 0 Å². The van der Waals surface area contributed by atoms with Crippen LogP contribution >= 0.6 is 0 Å². The molecule has 2 rings (SSSR count). The number of para-hydroxylation sites is 1. The van der Waals surface area contributed by atoms with Crippen LogP contribution in [0.4, 0.5) is 0 Å². The van der Waals surface area contributed by atoms with Gasteiger partial charge in [0, 0.05) is 24.2 Å². The lowest BCUT2D eigenvalue weighted by Crippen LogP contribution is -2.43. The maximum atomic E-state index is 5.76. The Morgan fingerprint density at radius 2 is 2.15 bits per heavy atom. The molecule has 0 aromatic heterocycles. The monoisotopic (exact) mass is 276 g/mol. The molecule has 1 aliphatic rings. The number of nitrogens with one attached hydrogen (secondary N) is 1. The summed E-state index contributed by atoms with van der Waals surface area (Å²) in [4.78, 5) is 2.43. The van der Waals surface area contributed by atoms with Crippen LogP contribution in [0.1, 0.15) is 44.7 Å². The second-order valence-electron chi connectivity index (χ2n) is 5.73. The second-order valence-corrected chi connectivity index (χ2v) is 5.73. The smallest absolute Gasteiger partial charge is 0.124 e. The normalized spacial score (nSPS) is 20.9. The Balaban J connectivity index is 2.00. The zero-order chi connectivity index (χ0) is 14.4. The summed E-state index contributed by atoms with van der Waals surface area (Å²) in [5.41, 5.74) is 1.28. The van der Waals surface area contributed by atoms with Gasteiger partial charge in [-0.2, -0.15) is 0 Å². The van der Waals surface area contributed by atoms with E-state index >= 15 is 0 Å². The molecular weight excluding hydrogens is 248 g/mol. The third-order valence-electron chi connectivity index (χ3n) is 4.25. The zero-order valence-corrected chi connectivity index (χ0v) is 13.1. The Bertz CT molecular complexity index is 402. The lowest BCUT2D eigenvalue weighted by molar-refractivity contribution is 0.209. The number of ether oxygens (including phenoxy) is 1. The summed E-state index contributed by atoms with van der Waals surface area (Å²) in [5, 5.41) is 3.62. The van der Waals surface area contributed by atoms with E-state index in [9.17, 15) is 0 Å². The van der Waals surface area contributed by atoms with Gasteiger partial charge in [0.2, 0.25) is 0 Å². The molecular formula is C17H28N2O. The average Bonchev–Trinajstić information content (AvgIpc) is 2.48. The first-order chi connectivity index (χ1) is 9.72. The van der Waals surface area contributed by atoms with Gasteiger partial charge in [-0.25, -0.2) is 0 Å². The van der Waals surface area contributed by atoms with Crippen molar-refractivity contribution in [3.63, 3.8) is 0 Å². The molecule has 2 atom stereocenters. The van der Waals surface area contributed by atoms with Crippen LogP contribution < -0.4 is 10.1 Å². The lowest BCUT2D eigenvalue weighted by atomic mass is 10.0. The number of nitrogens with zero attached hydrogens (tertiary/aromatic N) is 1. The third kappa shape index (κ3) is 3.97. The van der Waals surface area contributed by atoms with Crippen molar-refractivity contribution in [2.45, 2.75) is 45.2 Å². The Morgan fingerprint density at radius 1 is 1.35 bits per heavy atom.